The molecule has 5 rings (SSSR count). The van der Waals surface area contributed by atoms with E-state index in [2.05, 4.69) is 87.2 Å². The van der Waals surface area contributed by atoms with Crippen LogP contribution in [0.4, 0.5) is 0 Å². The van der Waals surface area contributed by atoms with Gasteiger partial charge in [0.05, 0.1) is 11.9 Å². The molecule has 1 unspecified atom stereocenters. The number of aromatic amines is 1. The van der Waals surface area contributed by atoms with Crippen LogP contribution in [0.25, 0.3) is 28.1 Å². The van der Waals surface area contributed by atoms with Crippen LogP contribution >= 0.6 is 0 Å². The van der Waals surface area contributed by atoms with Crippen molar-refractivity contribution in [2.75, 3.05) is 0 Å². The van der Waals surface area contributed by atoms with Crippen LogP contribution in [0.1, 0.15) is 75.5 Å². The van der Waals surface area contributed by atoms with Crippen LogP contribution in [0.5, 0.6) is 5.75 Å². The first-order valence-electron chi connectivity index (χ1n) is 12.3. The maximum absolute atomic E-state index is 6.36. The van der Waals surface area contributed by atoms with Crippen molar-refractivity contribution >= 4 is 5.70 Å². The minimum Gasteiger partial charge on any atom is -0.488 e. The molecule has 0 saturated heterocycles. The fourth-order valence-electron chi connectivity index (χ4n) is 4.93. The zero-order valence-electron chi connectivity index (χ0n) is 20.7. The molecule has 1 aliphatic heterocycles. The monoisotopic (exact) mass is 441 g/mol. The average molecular weight is 442 g/mol. The first-order chi connectivity index (χ1) is 15.9. The summed E-state index contributed by atoms with van der Waals surface area (Å²) in [5, 5.41) is 3.71. The van der Waals surface area contributed by atoms with Crippen LogP contribution in [0.2, 0.25) is 0 Å². The van der Waals surface area contributed by atoms with Gasteiger partial charge in [-0.2, -0.15) is 0 Å². The first-order valence-corrected chi connectivity index (χ1v) is 12.3. The summed E-state index contributed by atoms with van der Waals surface area (Å²) in [4.78, 5) is 8.08. The van der Waals surface area contributed by atoms with Crippen LogP contribution in [-0.2, 0) is 19.4 Å². The summed E-state index contributed by atoms with van der Waals surface area (Å²) in [7, 11) is 0. The Balaban J connectivity index is 1.55. The number of hydrogen-bond donors (Lipinski definition) is 2. The fraction of sp³-hybridized carbons (Fsp3) is 0.414. The van der Waals surface area contributed by atoms with Crippen molar-refractivity contribution in [3.05, 3.63) is 64.6 Å². The minimum absolute atomic E-state index is 0.391. The molecule has 4 heteroatoms. The van der Waals surface area contributed by atoms with Crippen molar-refractivity contribution in [2.45, 2.75) is 73.0 Å². The third-order valence-electron chi connectivity index (χ3n) is 7.22. The van der Waals surface area contributed by atoms with Gasteiger partial charge in [-0.1, -0.05) is 33.8 Å². The van der Waals surface area contributed by atoms with Crippen molar-refractivity contribution in [3.63, 3.8) is 0 Å². The molecular weight excluding hydrogens is 406 g/mol. The fourth-order valence-corrected chi connectivity index (χ4v) is 4.93. The molecule has 1 aromatic heterocycles. The molecule has 172 valence electrons. The van der Waals surface area contributed by atoms with Crippen molar-refractivity contribution in [1.29, 1.82) is 0 Å². The van der Waals surface area contributed by atoms with E-state index in [0.717, 1.165) is 30.1 Å². The maximum Gasteiger partial charge on any atom is 0.128 e. The standard InChI is InChI=1S/C29H35N3O/c1-7-24(31-18(6)16(2)3)22-11-20-9-8-19-10-21(25-14-30-29(32-25)17(4)5)12-23-15-33-26(13-22)28(20)27(19)23/h7,10-14,16-18,31H,8-9,15H2,1-6H3,(H,30,32)/b24-7-. The molecule has 2 aromatic carbocycles. The van der Waals surface area contributed by atoms with E-state index in [1.54, 1.807) is 0 Å². The largest absolute Gasteiger partial charge is 0.488 e. The number of nitrogens with zero attached hydrogens (tertiary/aromatic N) is 1. The Labute approximate surface area is 197 Å². The molecule has 1 aliphatic carbocycles. The average Bonchev–Trinajstić information content (AvgIpc) is 3.31. The molecule has 0 saturated carbocycles. The highest BCUT2D eigenvalue weighted by atomic mass is 16.5. The summed E-state index contributed by atoms with van der Waals surface area (Å²) >= 11 is 0. The summed E-state index contributed by atoms with van der Waals surface area (Å²) in [5.74, 6) is 3.02. The highest BCUT2D eigenvalue weighted by Gasteiger charge is 2.29. The number of imidazole rings is 1. The summed E-state index contributed by atoms with van der Waals surface area (Å²) in [6, 6.07) is 9.64. The van der Waals surface area contributed by atoms with Crippen molar-refractivity contribution in [3.8, 4) is 28.1 Å². The van der Waals surface area contributed by atoms with Gasteiger partial charge in [-0.05, 0) is 79.1 Å². The number of aromatic nitrogens is 2. The van der Waals surface area contributed by atoms with Gasteiger partial charge >= 0.3 is 0 Å². The van der Waals surface area contributed by atoms with Gasteiger partial charge < -0.3 is 15.0 Å². The van der Waals surface area contributed by atoms with Crippen LogP contribution in [-0.4, -0.2) is 16.0 Å². The Hall–Kier alpha value is -3.01. The van der Waals surface area contributed by atoms with E-state index in [4.69, 9.17) is 4.74 Å². The number of ether oxygens (including phenoxy) is 1. The second kappa shape index (κ2) is 8.40. The van der Waals surface area contributed by atoms with Crippen molar-refractivity contribution in [2.24, 2.45) is 5.92 Å². The highest BCUT2D eigenvalue weighted by Crippen LogP contribution is 2.47. The Morgan fingerprint density at radius 2 is 1.73 bits per heavy atom. The third-order valence-corrected chi connectivity index (χ3v) is 7.22. The van der Waals surface area contributed by atoms with Gasteiger partial charge in [0.25, 0.3) is 0 Å². The van der Waals surface area contributed by atoms with Crippen LogP contribution in [0.15, 0.2) is 36.5 Å². The number of hydrogen-bond acceptors (Lipinski definition) is 3. The molecule has 2 N–H and O–H groups in total. The molecule has 0 spiro atoms. The zero-order valence-corrected chi connectivity index (χ0v) is 20.7. The predicted octanol–water partition coefficient (Wildman–Crippen LogP) is 6.85. The van der Waals surface area contributed by atoms with Gasteiger partial charge in [-0.25, -0.2) is 4.98 Å². The molecule has 0 bridgehead atoms. The summed E-state index contributed by atoms with van der Waals surface area (Å²) < 4.78 is 6.36. The van der Waals surface area contributed by atoms with Crippen molar-refractivity contribution in [1.82, 2.24) is 15.3 Å². The van der Waals surface area contributed by atoms with E-state index >= 15 is 0 Å². The highest BCUT2D eigenvalue weighted by molar-refractivity contribution is 5.86. The zero-order chi connectivity index (χ0) is 23.3. The lowest BCUT2D eigenvalue weighted by atomic mass is 9.79. The molecule has 0 fully saturated rings. The Morgan fingerprint density at radius 1 is 1.00 bits per heavy atom. The van der Waals surface area contributed by atoms with Gasteiger partial charge in [0, 0.05) is 34.3 Å². The minimum atomic E-state index is 0.391. The summed E-state index contributed by atoms with van der Waals surface area (Å²) in [5.41, 5.74) is 11.5. The van der Waals surface area contributed by atoms with Crippen LogP contribution < -0.4 is 10.1 Å². The smallest absolute Gasteiger partial charge is 0.128 e. The normalized spacial score (nSPS) is 15.5. The molecule has 4 nitrogen and oxygen atoms in total. The molecule has 0 amide bonds. The number of benzene rings is 2. The maximum atomic E-state index is 6.36. The molecule has 3 aromatic rings. The van der Waals surface area contributed by atoms with Crippen LogP contribution in [0, 0.1) is 5.92 Å². The van der Waals surface area contributed by atoms with Gasteiger partial charge in [-0.15, -0.1) is 0 Å². The topological polar surface area (TPSA) is 49.9 Å². The van der Waals surface area contributed by atoms with Crippen molar-refractivity contribution < 1.29 is 4.74 Å². The summed E-state index contributed by atoms with van der Waals surface area (Å²) in [6.45, 7) is 13.8. The number of allylic oxidation sites excluding steroid dienone is 1. The molecule has 33 heavy (non-hydrogen) atoms. The molecule has 2 aliphatic rings. The third kappa shape index (κ3) is 3.86. The van der Waals surface area contributed by atoms with E-state index < -0.39 is 0 Å². The predicted molar refractivity (Wildman–Crippen MR) is 136 cm³/mol. The van der Waals surface area contributed by atoms with E-state index in [1.807, 2.05) is 6.20 Å². The number of aryl methyl sites for hydroxylation is 2. The van der Waals surface area contributed by atoms with Gasteiger partial charge in [0.2, 0.25) is 0 Å². The van der Waals surface area contributed by atoms with Gasteiger partial charge in [0.15, 0.2) is 0 Å². The lowest BCUT2D eigenvalue weighted by Crippen LogP contribution is -2.29. The van der Waals surface area contributed by atoms with Crippen LogP contribution in [0.3, 0.4) is 0 Å². The second-order valence-corrected chi connectivity index (χ2v) is 10.2. The Kier molecular flexibility index (Phi) is 5.55. The van der Waals surface area contributed by atoms with Gasteiger partial charge in [0.1, 0.15) is 18.2 Å². The number of H-pyrrole nitrogens is 1. The Bertz CT molecular complexity index is 1180. The molecule has 0 radical (unpaired) electrons. The SMILES string of the molecule is C/C=C(\NC(C)C(C)C)c1cc2c3c(c1)OCc1cc(-c4cnc(C(C)C)[nH]4)cc(c1-3)CC2. The molecule has 2 heterocycles. The lowest BCUT2D eigenvalue weighted by Gasteiger charge is -2.31. The van der Waals surface area contributed by atoms with E-state index in [-0.39, 0.29) is 0 Å². The first kappa shape index (κ1) is 21.8. The number of nitrogens with one attached hydrogen (secondary N) is 2. The Morgan fingerprint density at radius 3 is 2.39 bits per heavy atom. The quantitative estimate of drug-likeness (QED) is 0.440. The lowest BCUT2D eigenvalue weighted by molar-refractivity contribution is 0.301. The van der Waals surface area contributed by atoms with Gasteiger partial charge in [-0.3, -0.25) is 0 Å². The molecular formula is C29H35N3O. The van der Waals surface area contributed by atoms with E-state index in [1.165, 1.54) is 44.6 Å². The second-order valence-electron chi connectivity index (χ2n) is 10.2. The van der Waals surface area contributed by atoms with E-state index in [9.17, 15) is 0 Å². The van der Waals surface area contributed by atoms with E-state index in [0.29, 0.717) is 24.5 Å². The molecule has 1 atom stereocenters. The summed E-state index contributed by atoms with van der Waals surface area (Å²) in [6.07, 6.45) is 6.23. The number of rotatable bonds is 6.